The predicted molar refractivity (Wildman–Crippen MR) is 87.9 cm³/mol. The molecule has 1 aromatic carbocycles. The van der Waals surface area contributed by atoms with Crippen molar-refractivity contribution in [2.75, 3.05) is 0 Å². The lowest BCUT2D eigenvalue weighted by Gasteiger charge is -2.29. The molecule has 1 unspecified atom stereocenters. The summed E-state index contributed by atoms with van der Waals surface area (Å²) in [6.45, 7) is 0. The van der Waals surface area contributed by atoms with E-state index in [0.29, 0.717) is 42.0 Å². The summed E-state index contributed by atoms with van der Waals surface area (Å²) < 4.78 is 20.1. The Labute approximate surface area is 148 Å². The molecule has 1 aliphatic carbocycles. The highest BCUT2D eigenvalue weighted by Crippen LogP contribution is 2.42. The molecule has 2 aliphatic rings. The highest BCUT2D eigenvalue weighted by molar-refractivity contribution is 5.99. The van der Waals surface area contributed by atoms with Gasteiger partial charge in [-0.15, -0.1) is 5.10 Å². The lowest BCUT2D eigenvalue weighted by atomic mass is 9.80. The minimum atomic E-state index is -0.703. The quantitative estimate of drug-likeness (QED) is 0.889. The molecule has 2 N–H and O–H groups in total. The van der Waals surface area contributed by atoms with Gasteiger partial charge in [-0.2, -0.15) is 5.26 Å². The molecule has 4 rings (SSSR count). The van der Waals surface area contributed by atoms with E-state index in [4.69, 9.17) is 10.5 Å². The third-order valence-electron chi connectivity index (χ3n) is 4.50. The summed E-state index contributed by atoms with van der Waals surface area (Å²) in [5.41, 5.74) is 7.49. The van der Waals surface area contributed by atoms with Crippen molar-refractivity contribution < 1.29 is 13.9 Å². The van der Waals surface area contributed by atoms with Crippen LogP contribution in [-0.4, -0.2) is 20.8 Å². The fourth-order valence-corrected chi connectivity index (χ4v) is 3.28. The molecular weight excluding hydrogens is 337 g/mol. The van der Waals surface area contributed by atoms with Gasteiger partial charge in [0.25, 0.3) is 0 Å². The standard InChI is InChI=1S/C18H14FN5O2/c19-10-4-6-11(7-5-10)24-9-13(22-23-24)16-12(8-20)18(21)26-15-3-1-2-14(25)17(15)16/h4-7,9,16H,1-3,21H2. The zero-order valence-electron chi connectivity index (χ0n) is 13.6. The molecule has 2 aromatic rings. The first-order valence-electron chi connectivity index (χ1n) is 8.10. The normalized spacial score (nSPS) is 19.8. The van der Waals surface area contributed by atoms with Crippen LogP contribution in [0.15, 0.2) is 53.3 Å². The second-order valence-corrected chi connectivity index (χ2v) is 6.10. The van der Waals surface area contributed by atoms with Crippen molar-refractivity contribution in [3.8, 4) is 11.8 Å². The molecule has 0 saturated heterocycles. The number of hydrogen-bond donors (Lipinski definition) is 1. The highest BCUT2D eigenvalue weighted by atomic mass is 19.1. The van der Waals surface area contributed by atoms with Gasteiger partial charge in [-0.05, 0) is 30.7 Å². The molecule has 7 nitrogen and oxygen atoms in total. The second kappa shape index (κ2) is 6.11. The van der Waals surface area contributed by atoms with E-state index in [2.05, 4.69) is 10.3 Å². The Balaban J connectivity index is 1.80. The van der Waals surface area contributed by atoms with Crippen LogP contribution in [0.25, 0.3) is 5.69 Å². The van der Waals surface area contributed by atoms with Crippen LogP contribution in [0.4, 0.5) is 4.39 Å². The molecule has 26 heavy (non-hydrogen) atoms. The van der Waals surface area contributed by atoms with Crippen molar-refractivity contribution in [1.29, 1.82) is 5.26 Å². The maximum atomic E-state index is 13.1. The number of benzene rings is 1. The fourth-order valence-electron chi connectivity index (χ4n) is 3.28. The number of nitriles is 1. The molecule has 2 heterocycles. The van der Waals surface area contributed by atoms with E-state index in [1.165, 1.54) is 16.8 Å². The maximum Gasteiger partial charge on any atom is 0.205 e. The lowest BCUT2D eigenvalue weighted by Crippen LogP contribution is -2.27. The first kappa shape index (κ1) is 16.0. The number of ether oxygens (including phenoxy) is 1. The summed E-state index contributed by atoms with van der Waals surface area (Å²) in [7, 11) is 0. The summed E-state index contributed by atoms with van der Waals surface area (Å²) in [4.78, 5) is 12.5. The van der Waals surface area contributed by atoms with Gasteiger partial charge in [-0.3, -0.25) is 4.79 Å². The predicted octanol–water partition coefficient (Wildman–Crippen LogP) is 2.22. The first-order chi connectivity index (χ1) is 12.6. The Morgan fingerprint density at radius 2 is 2.08 bits per heavy atom. The first-order valence-corrected chi connectivity index (χ1v) is 8.10. The van der Waals surface area contributed by atoms with E-state index in [9.17, 15) is 14.4 Å². The van der Waals surface area contributed by atoms with Crippen LogP contribution in [-0.2, 0) is 9.53 Å². The third-order valence-corrected chi connectivity index (χ3v) is 4.50. The van der Waals surface area contributed by atoms with Crippen LogP contribution in [0.2, 0.25) is 0 Å². The number of hydrogen-bond acceptors (Lipinski definition) is 6. The molecule has 1 atom stereocenters. The Bertz CT molecular complexity index is 997. The van der Waals surface area contributed by atoms with Crippen molar-refractivity contribution >= 4 is 5.78 Å². The molecule has 0 saturated carbocycles. The molecule has 0 fully saturated rings. The minimum absolute atomic E-state index is 0.0118. The number of nitrogens with zero attached hydrogens (tertiary/aromatic N) is 4. The average molecular weight is 351 g/mol. The number of carbonyl (C=O) groups is 1. The molecule has 0 amide bonds. The number of ketones is 1. The van der Waals surface area contributed by atoms with Crippen molar-refractivity contribution in [3.05, 3.63) is 64.8 Å². The second-order valence-electron chi connectivity index (χ2n) is 6.10. The van der Waals surface area contributed by atoms with Gasteiger partial charge in [0.1, 0.15) is 23.2 Å². The Kier molecular flexibility index (Phi) is 3.77. The van der Waals surface area contributed by atoms with E-state index in [1.54, 1.807) is 18.3 Å². The average Bonchev–Trinajstić information content (AvgIpc) is 3.11. The molecule has 0 bridgehead atoms. The van der Waals surface area contributed by atoms with Crippen LogP contribution < -0.4 is 5.73 Å². The summed E-state index contributed by atoms with van der Waals surface area (Å²) in [6, 6.07) is 7.78. The minimum Gasteiger partial charge on any atom is -0.444 e. The van der Waals surface area contributed by atoms with Gasteiger partial charge in [0.2, 0.25) is 5.88 Å². The van der Waals surface area contributed by atoms with E-state index in [1.807, 2.05) is 6.07 Å². The number of nitrogens with two attached hydrogens (primary N) is 1. The summed E-state index contributed by atoms with van der Waals surface area (Å²) >= 11 is 0. The van der Waals surface area contributed by atoms with Crippen LogP contribution in [0.1, 0.15) is 30.9 Å². The smallest absolute Gasteiger partial charge is 0.205 e. The number of allylic oxidation sites excluding steroid dienone is 3. The third kappa shape index (κ3) is 2.54. The van der Waals surface area contributed by atoms with Gasteiger partial charge in [0.05, 0.1) is 23.5 Å². The Morgan fingerprint density at radius 3 is 2.81 bits per heavy atom. The topological polar surface area (TPSA) is 107 Å². The van der Waals surface area contributed by atoms with E-state index < -0.39 is 5.92 Å². The summed E-state index contributed by atoms with van der Waals surface area (Å²) in [6.07, 6.45) is 3.27. The fraction of sp³-hybridized carbons (Fsp3) is 0.222. The zero-order valence-corrected chi connectivity index (χ0v) is 13.6. The van der Waals surface area contributed by atoms with Crippen LogP contribution >= 0.6 is 0 Å². The van der Waals surface area contributed by atoms with Gasteiger partial charge in [0, 0.05) is 18.4 Å². The number of aromatic nitrogens is 3. The number of carbonyl (C=O) groups excluding carboxylic acids is 1. The molecule has 1 aromatic heterocycles. The lowest BCUT2D eigenvalue weighted by molar-refractivity contribution is -0.116. The number of Topliss-reactive ketones (excluding diaryl/α,β-unsaturated/α-hetero) is 1. The Morgan fingerprint density at radius 1 is 1.31 bits per heavy atom. The molecule has 1 aliphatic heterocycles. The number of rotatable bonds is 2. The molecule has 130 valence electrons. The number of halogens is 1. The van der Waals surface area contributed by atoms with Gasteiger partial charge >= 0.3 is 0 Å². The Hall–Kier alpha value is -3.47. The molecule has 8 heteroatoms. The molecular formula is C18H14FN5O2. The van der Waals surface area contributed by atoms with E-state index in [0.717, 1.165) is 0 Å². The van der Waals surface area contributed by atoms with Crippen LogP contribution in [0, 0.1) is 17.1 Å². The van der Waals surface area contributed by atoms with Gasteiger partial charge in [0.15, 0.2) is 5.78 Å². The maximum absolute atomic E-state index is 13.1. The van der Waals surface area contributed by atoms with Crippen LogP contribution in [0.5, 0.6) is 0 Å². The monoisotopic (exact) mass is 351 g/mol. The van der Waals surface area contributed by atoms with Crippen LogP contribution in [0.3, 0.4) is 0 Å². The SMILES string of the molecule is N#CC1=C(N)OC2=C(C(=O)CCC2)C1c1cn(-c2ccc(F)cc2)nn1. The van der Waals surface area contributed by atoms with Gasteiger partial charge in [-0.25, -0.2) is 9.07 Å². The zero-order chi connectivity index (χ0) is 18.3. The van der Waals surface area contributed by atoms with Gasteiger partial charge < -0.3 is 10.5 Å². The highest BCUT2D eigenvalue weighted by Gasteiger charge is 2.39. The van der Waals surface area contributed by atoms with Crippen molar-refractivity contribution in [2.45, 2.75) is 25.2 Å². The van der Waals surface area contributed by atoms with Crippen molar-refractivity contribution in [1.82, 2.24) is 15.0 Å². The molecule has 0 radical (unpaired) electrons. The van der Waals surface area contributed by atoms with Crippen molar-refractivity contribution in [2.24, 2.45) is 5.73 Å². The largest absolute Gasteiger partial charge is 0.444 e. The summed E-state index contributed by atoms with van der Waals surface area (Å²) in [5.74, 6) is -0.650. The molecule has 0 spiro atoms. The van der Waals surface area contributed by atoms with Crippen molar-refractivity contribution in [3.63, 3.8) is 0 Å². The summed E-state index contributed by atoms with van der Waals surface area (Å²) in [5, 5.41) is 17.7. The van der Waals surface area contributed by atoms with E-state index in [-0.39, 0.29) is 23.1 Å². The van der Waals surface area contributed by atoms with Gasteiger partial charge in [-0.1, -0.05) is 5.21 Å². The van der Waals surface area contributed by atoms with E-state index >= 15 is 0 Å².